The van der Waals surface area contributed by atoms with Gasteiger partial charge in [0.25, 0.3) is 11.8 Å². The molecule has 2 N–H and O–H groups in total. The Labute approximate surface area is 176 Å². The monoisotopic (exact) mass is 406 g/mol. The van der Waals surface area contributed by atoms with E-state index in [1.165, 1.54) is 0 Å². The first kappa shape index (κ1) is 21.2. The minimum atomic E-state index is -0.676. The molecule has 156 valence electrons. The van der Waals surface area contributed by atoms with Gasteiger partial charge in [-0.25, -0.2) is 0 Å². The van der Waals surface area contributed by atoms with Crippen LogP contribution in [0.5, 0.6) is 5.75 Å². The van der Waals surface area contributed by atoms with E-state index in [2.05, 4.69) is 10.6 Å². The molecule has 0 aliphatic carbocycles. The fourth-order valence-electron chi connectivity index (χ4n) is 2.99. The van der Waals surface area contributed by atoms with E-state index in [0.29, 0.717) is 29.2 Å². The number of nitrogens with one attached hydrogen (secondary N) is 2. The zero-order chi connectivity index (χ0) is 21.5. The molecule has 2 aromatic carbocycles. The molecule has 2 amide bonds. The van der Waals surface area contributed by atoms with Gasteiger partial charge in [-0.3, -0.25) is 9.59 Å². The number of para-hydroxylation sites is 1. The summed E-state index contributed by atoms with van der Waals surface area (Å²) in [7, 11) is 0. The van der Waals surface area contributed by atoms with Crippen molar-refractivity contribution in [3.8, 4) is 5.75 Å². The second-order valence-electron chi connectivity index (χ2n) is 7.08. The number of anilines is 1. The summed E-state index contributed by atoms with van der Waals surface area (Å²) >= 11 is 0. The van der Waals surface area contributed by atoms with Crippen LogP contribution < -0.4 is 15.4 Å². The van der Waals surface area contributed by atoms with Gasteiger partial charge in [-0.15, -0.1) is 0 Å². The van der Waals surface area contributed by atoms with Crippen LogP contribution in [0.1, 0.15) is 40.6 Å². The highest BCUT2D eigenvalue weighted by atomic mass is 16.5. The summed E-state index contributed by atoms with van der Waals surface area (Å²) in [5.74, 6) is 0.731. The maximum absolute atomic E-state index is 12.9. The Morgan fingerprint density at radius 2 is 1.87 bits per heavy atom. The third-order valence-corrected chi connectivity index (χ3v) is 4.71. The van der Waals surface area contributed by atoms with E-state index in [0.717, 1.165) is 11.1 Å². The molecule has 1 aromatic heterocycles. The van der Waals surface area contributed by atoms with Gasteiger partial charge in [0.05, 0.1) is 24.1 Å². The van der Waals surface area contributed by atoms with E-state index in [-0.39, 0.29) is 18.4 Å². The van der Waals surface area contributed by atoms with Crippen molar-refractivity contribution in [2.75, 3.05) is 5.32 Å². The van der Waals surface area contributed by atoms with Crippen LogP contribution in [0.3, 0.4) is 0 Å². The largest absolute Gasteiger partial charge is 0.480 e. The van der Waals surface area contributed by atoms with Gasteiger partial charge in [-0.2, -0.15) is 0 Å². The SMILES string of the molecule is CC[C@H](Oc1cc(C)ccc1C)C(=O)Nc1ccccc1C(=O)NCc1ccco1. The van der Waals surface area contributed by atoms with E-state index >= 15 is 0 Å². The minimum Gasteiger partial charge on any atom is -0.480 e. The van der Waals surface area contributed by atoms with Crippen molar-refractivity contribution < 1.29 is 18.7 Å². The molecule has 0 aliphatic heterocycles. The number of hydrogen-bond donors (Lipinski definition) is 2. The van der Waals surface area contributed by atoms with Gasteiger partial charge in [0, 0.05) is 0 Å². The summed E-state index contributed by atoms with van der Waals surface area (Å²) < 4.78 is 11.2. The number of hydrogen-bond acceptors (Lipinski definition) is 4. The molecular weight excluding hydrogens is 380 g/mol. The van der Waals surface area contributed by atoms with Crippen LogP contribution in [0.15, 0.2) is 65.3 Å². The predicted molar refractivity (Wildman–Crippen MR) is 116 cm³/mol. The van der Waals surface area contributed by atoms with Crippen LogP contribution in [-0.2, 0) is 11.3 Å². The minimum absolute atomic E-state index is 0.265. The van der Waals surface area contributed by atoms with Crippen LogP contribution >= 0.6 is 0 Å². The molecule has 1 atom stereocenters. The highest BCUT2D eigenvalue weighted by Gasteiger charge is 2.21. The summed E-state index contributed by atoms with van der Waals surface area (Å²) in [5.41, 5.74) is 2.83. The highest BCUT2D eigenvalue weighted by molar-refractivity contribution is 6.04. The van der Waals surface area contributed by atoms with Crippen LogP contribution in [0.2, 0.25) is 0 Å². The first-order valence-corrected chi connectivity index (χ1v) is 9.92. The summed E-state index contributed by atoms with van der Waals surface area (Å²) in [6, 6.07) is 16.3. The van der Waals surface area contributed by atoms with Gasteiger partial charge in [-0.1, -0.05) is 31.2 Å². The number of amides is 2. The maximum Gasteiger partial charge on any atom is 0.265 e. The number of benzene rings is 2. The maximum atomic E-state index is 12.9. The van der Waals surface area contributed by atoms with E-state index in [4.69, 9.17) is 9.15 Å². The standard InChI is InChI=1S/C24H26N2O4/c1-4-21(30-22-14-16(2)11-12-17(22)3)24(28)26-20-10-6-5-9-19(20)23(27)25-15-18-8-7-13-29-18/h5-14,21H,4,15H2,1-3H3,(H,25,27)(H,26,28)/t21-/m0/s1. The lowest BCUT2D eigenvalue weighted by Crippen LogP contribution is -2.33. The number of aryl methyl sites for hydroxylation is 2. The molecule has 0 bridgehead atoms. The average molecular weight is 406 g/mol. The molecule has 0 saturated heterocycles. The molecule has 0 unspecified atom stereocenters. The van der Waals surface area contributed by atoms with Crippen molar-refractivity contribution in [1.29, 1.82) is 0 Å². The number of furan rings is 1. The molecule has 0 spiro atoms. The second kappa shape index (κ2) is 9.78. The fourth-order valence-corrected chi connectivity index (χ4v) is 2.99. The second-order valence-corrected chi connectivity index (χ2v) is 7.08. The van der Waals surface area contributed by atoms with Crippen molar-refractivity contribution in [1.82, 2.24) is 5.32 Å². The van der Waals surface area contributed by atoms with Gasteiger partial charge >= 0.3 is 0 Å². The molecule has 3 rings (SSSR count). The lowest BCUT2D eigenvalue weighted by Gasteiger charge is -2.20. The Morgan fingerprint density at radius 3 is 2.60 bits per heavy atom. The smallest absolute Gasteiger partial charge is 0.265 e. The number of ether oxygens (including phenoxy) is 1. The van der Waals surface area contributed by atoms with Crippen LogP contribution in [0.25, 0.3) is 0 Å². The van der Waals surface area contributed by atoms with Gasteiger partial charge < -0.3 is 19.8 Å². The molecule has 30 heavy (non-hydrogen) atoms. The predicted octanol–water partition coefficient (Wildman–Crippen LogP) is 4.62. The van der Waals surface area contributed by atoms with Crippen molar-refractivity contribution >= 4 is 17.5 Å². The van der Waals surface area contributed by atoms with Crippen LogP contribution in [0, 0.1) is 13.8 Å². The molecule has 1 heterocycles. The number of carbonyl (C=O) groups excluding carboxylic acids is 2. The van der Waals surface area contributed by atoms with Crippen molar-refractivity contribution in [3.63, 3.8) is 0 Å². The van der Waals surface area contributed by atoms with Crippen LogP contribution in [-0.4, -0.2) is 17.9 Å². The average Bonchev–Trinajstić information content (AvgIpc) is 3.26. The van der Waals surface area contributed by atoms with E-state index < -0.39 is 6.10 Å². The molecule has 0 aliphatic rings. The molecule has 3 aromatic rings. The lowest BCUT2D eigenvalue weighted by molar-refractivity contribution is -0.122. The molecular formula is C24H26N2O4. The molecule has 6 heteroatoms. The summed E-state index contributed by atoms with van der Waals surface area (Å²) in [6.07, 6.45) is 1.37. The van der Waals surface area contributed by atoms with Gasteiger partial charge in [0.2, 0.25) is 0 Å². The quantitative estimate of drug-likeness (QED) is 0.572. The Morgan fingerprint density at radius 1 is 1.07 bits per heavy atom. The zero-order valence-electron chi connectivity index (χ0n) is 17.4. The Bertz CT molecular complexity index is 1010. The van der Waals surface area contributed by atoms with E-state index in [9.17, 15) is 9.59 Å². The fraction of sp³-hybridized carbons (Fsp3) is 0.250. The summed E-state index contributed by atoms with van der Waals surface area (Å²) in [6.45, 7) is 6.07. The normalized spacial score (nSPS) is 11.6. The third-order valence-electron chi connectivity index (χ3n) is 4.71. The Hall–Kier alpha value is -3.54. The summed E-state index contributed by atoms with van der Waals surface area (Å²) in [5, 5.41) is 5.64. The first-order chi connectivity index (χ1) is 14.5. The molecule has 0 saturated carbocycles. The van der Waals surface area contributed by atoms with Gasteiger partial charge in [0.1, 0.15) is 11.5 Å². The number of rotatable bonds is 8. The van der Waals surface area contributed by atoms with Crippen molar-refractivity contribution in [3.05, 3.63) is 83.3 Å². The van der Waals surface area contributed by atoms with Crippen molar-refractivity contribution in [2.24, 2.45) is 0 Å². The van der Waals surface area contributed by atoms with Gasteiger partial charge in [0.15, 0.2) is 6.10 Å². The van der Waals surface area contributed by atoms with E-state index in [1.807, 2.05) is 39.0 Å². The Kier molecular flexibility index (Phi) is 6.91. The number of carbonyl (C=O) groups is 2. The molecule has 6 nitrogen and oxygen atoms in total. The summed E-state index contributed by atoms with van der Waals surface area (Å²) in [4.78, 5) is 25.5. The highest BCUT2D eigenvalue weighted by Crippen LogP contribution is 2.22. The lowest BCUT2D eigenvalue weighted by atomic mass is 10.1. The first-order valence-electron chi connectivity index (χ1n) is 9.92. The third kappa shape index (κ3) is 5.29. The van der Waals surface area contributed by atoms with Gasteiger partial charge in [-0.05, 0) is 61.7 Å². The molecule has 0 radical (unpaired) electrons. The van der Waals surface area contributed by atoms with Crippen molar-refractivity contribution in [2.45, 2.75) is 39.8 Å². The topological polar surface area (TPSA) is 80.6 Å². The van der Waals surface area contributed by atoms with E-state index in [1.54, 1.807) is 42.7 Å². The Balaban J connectivity index is 1.70. The zero-order valence-corrected chi connectivity index (χ0v) is 17.4. The van der Waals surface area contributed by atoms with Crippen LogP contribution in [0.4, 0.5) is 5.69 Å². The molecule has 0 fully saturated rings.